The Balaban J connectivity index is 1.96. The topological polar surface area (TPSA) is 43.6 Å². The number of carbonyl (C=O) groups is 1. The zero-order chi connectivity index (χ0) is 17.6. The monoisotopic (exact) mass is 416 g/mol. The van der Waals surface area contributed by atoms with Gasteiger partial charge >= 0.3 is 0 Å². The number of carbonyl (C=O) groups excluding carboxylic acids is 1. The van der Waals surface area contributed by atoms with Crippen LogP contribution in [0.2, 0.25) is 0 Å². The van der Waals surface area contributed by atoms with Crippen LogP contribution >= 0.6 is 27.3 Å². The lowest BCUT2D eigenvalue weighted by Gasteiger charge is -2.03. The maximum absolute atomic E-state index is 12.3. The van der Waals surface area contributed by atoms with Crippen LogP contribution < -0.4 is 4.80 Å². The minimum atomic E-state index is -0.277. The molecule has 0 aliphatic carbocycles. The molecule has 0 bridgehead atoms. The molecule has 1 amide bonds. The first-order valence-electron chi connectivity index (χ1n) is 7.77. The second kappa shape index (κ2) is 8.38. The van der Waals surface area contributed by atoms with Gasteiger partial charge in [-0.3, -0.25) is 4.79 Å². The Bertz CT molecular complexity index is 974. The predicted molar refractivity (Wildman–Crippen MR) is 105 cm³/mol. The number of hydrogen-bond acceptors (Lipinski definition) is 3. The molecule has 2 aromatic carbocycles. The summed E-state index contributed by atoms with van der Waals surface area (Å²) in [4.78, 5) is 17.2. The van der Waals surface area contributed by atoms with E-state index in [9.17, 15) is 4.79 Å². The molecule has 0 atom stereocenters. The first-order chi connectivity index (χ1) is 12.2. The second-order valence-electron chi connectivity index (χ2n) is 5.34. The van der Waals surface area contributed by atoms with Crippen molar-refractivity contribution in [2.45, 2.75) is 6.54 Å². The smallest absolute Gasteiger partial charge is 0.272 e. The van der Waals surface area contributed by atoms with Crippen LogP contribution in [0.5, 0.6) is 0 Å². The van der Waals surface area contributed by atoms with E-state index in [4.69, 9.17) is 4.74 Å². The molecule has 25 heavy (non-hydrogen) atoms. The van der Waals surface area contributed by atoms with Gasteiger partial charge in [0, 0.05) is 24.2 Å². The van der Waals surface area contributed by atoms with E-state index in [1.54, 1.807) is 13.2 Å². The lowest BCUT2D eigenvalue weighted by atomic mass is 10.2. The Morgan fingerprint density at radius 2 is 2.08 bits per heavy atom. The van der Waals surface area contributed by atoms with Crippen molar-refractivity contribution in [2.75, 3.05) is 13.7 Å². The van der Waals surface area contributed by atoms with Crippen LogP contribution in [-0.4, -0.2) is 24.2 Å². The third-order valence-corrected chi connectivity index (χ3v) is 5.12. The normalized spacial score (nSPS) is 12.3. The number of benzene rings is 2. The van der Waals surface area contributed by atoms with E-state index >= 15 is 0 Å². The fourth-order valence-electron chi connectivity index (χ4n) is 2.39. The van der Waals surface area contributed by atoms with Crippen LogP contribution in [0, 0.1) is 0 Å². The maximum Gasteiger partial charge on any atom is 0.272 e. The van der Waals surface area contributed by atoms with Gasteiger partial charge in [-0.1, -0.05) is 57.6 Å². The van der Waals surface area contributed by atoms with Crippen LogP contribution in [0.3, 0.4) is 0 Å². The van der Waals surface area contributed by atoms with E-state index in [2.05, 4.69) is 20.9 Å². The Morgan fingerprint density at radius 3 is 2.84 bits per heavy atom. The third kappa shape index (κ3) is 4.54. The van der Waals surface area contributed by atoms with Crippen molar-refractivity contribution in [3.05, 3.63) is 69.4 Å². The van der Waals surface area contributed by atoms with Gasteiger partial charge in [0.15, 0.2) is 4.80 Å². The van der Waals surface area contributed by atoms with Crippen molar-refractivity contribution in [1.29, 1.82) is 0 Å². The maximum atomic E-state index is 12.3. The Hall–Kier alpha value is -2.02. The van der Waals surface area contributed by atoms with E-state index in [0.717, 1.165) is 20.3 Å². The highest BCUT2D eigenvalue weighted by atomic mass is 79.9. The molecular weight excluding hydrogens is 400 g/mol. The summed E-state index contributed by atoms with van der Waals surface area (Å²) in [7, 11) is 1.66. The molecule has 6 heteroatoms. The van der Waals surface area contributed by atoms with Crippen LogP contribution in [0.25, 0.3) is 16.3 Å². The molecule has 0 saturated carbocycles. The highest BCUT2D eigenvalue weighted by Gasteiger charge is 2.07. The molecule has 1 aromatic heterocycles. The summed E-state index contributed by atoms with van der Waals surface area (Å²) in [5.74, 6) is -0.277. The van der Waals surface area contributed by atoms with Gasteiger partial charge in [0.2, 0.25) is 0 Å². The lowest BCUT2D eigenvalue weighted by molar-refractivity contribution is -0.113. The molecule has 0 unspecified atom stereocenters. The Morgan fingerprint density at radius 1 is 1.28 bits per heavy atom. The Kier molecular flexibility index (Phi) is 5.96. The number of thiazole rings is 1. The van der Waals surface area contributed by atoms with Crippen LogP contribution in [-0.2, 0) is 16.1 Å². The second-order valence-corrected chi connectivity index (χ2v) is 7.26. The van der Waals surface area contributed by atoms with Gasteiger partial charge in [-0.25, -0.2) is 0 Å². The van der Waals surface area contributed by atoms with Crippen molar-refractivity contribution in [3.8, 4) is 0 Å². The molecule has 1 heterocycles. The highest BCUT2D eigenvalue weighted by Crippen LogP contribution is 2.22. The summed E-state index contributed by atoms with van der Waals surface area (Å²) in [6, 6.07) is 15.7. The number of rotatable bonds is 5. The molecule has 3 rings (SSSR count). The van der Waals surface area contributed by atoms with Crippen LogP contribution in [0.15, 0.2) is 64.1 Å². The number of fused-ring (bicyclic) bond motifs is 1. The van der Waals surface area contributed by atoms with Crippen molar-refractivity contribution in [3.63, 3.8) is 0 Å². The number of aromatic nitrogens is 1. The number of amides is 1. The molecule has 128 valence electrons. The van der Waals surface area contributed by atoms with Crippen molar-refractivity contribution in [1.82, 2.24) is 4.57 Å². The Labute approximate surface area is 158 Å². The van der Waals surface area contributed by atoms with E-state index in [1.807, 2.05) is 53.1 Å². The summed E-state index contributed by atoms with van der Waals surface area (Å²) < 4.78 is 9.28. The third-order valence-electron chi connectivity index (χ3n) is 3.59. The van der Waals surface area contributed by atoms with Crippen molar-refractivity contribution >= 4 is 49.5 Å². The van der Waals surface area contributed by atoms with Gasteiger partial charge in [-0.05, 0) is 29.8 Å². The zero-order valence-corrected chi connectivity index (χ0v) is 16.1. The lowest BCUT2D eigenvalue weighted by Crippen LogP contribution is -2.18. The zero-order valence-electron chi connectivity index (χ0n) is 13.7. The van der Waals surface area contributed by atoms with Crippen LogP contribution in [0.1, 0.15) is 5.56 Å². The predicted octanol–water partition coefficient (Wildman–Crippen LogP) is 4.25. The summed E-state index contributed by atoms with van der Waals surface area (Å²) in [6.07, 6.45) is 3.27. The summed E-state index contributed by atoms with van der Waals surface area (Å²) >= 11 is 4.98. The van der Waals surface area contributed by atoms with E-state index in [0.29, 0.717) is 18.0 Å². The van der Waals surface area contributed by atoms with Crippen molar-refractivity contribution < 1.29 is 9.53 Å². The number of methoxy groups -OCH3 is 1. The molecule has 0 N–H and O–H groups in total. The average Bonchev–Trinajstić information content (AvgIpc) is 2.95. The fraction of sp³-hybridized carbons (Fsp3) is 0.158. The largest absolute Gasteiger partial charge is 0.383 e. The molecule has 0 aliphatic heterocycles. The molecule has 0 fully saturated rings. The van der Waals surface area contributed by atoms with E-state index < -0.39 is 0 Å². The molecule has 3 aromatic rings. The molecule has 0 saturated heterocycles. The van der Waals surface area contributed by atoms with Gasteiger partial charge in [-0.2, -0.15) is 4.99 Å². The molecule has 0 aliphatic rings. The fourth-order valence-corrected chi connectivity index (χ4v) is 4.01. The number of ether oxygens (including phenoxy) is 1. The van der Waals surface area contributed by atoms with Crippen molar-refractivity contribution in [2.24, 2.45) is 4.99 Å². The highest BCUT2D eigenvalue weighted by molar-refractivity contribution is 9.10. The van der Waals surface area contributed by atoms with Gasteiger partial charge in [-0.15, -0.1) is 0 Å². The number of halogens is 1. The standard InChI is InChI=1S/C19H17BrN2O2S/c1-24-12-11-22-16-9-8-15(20)13-17(16)25-19(22)21-18(23)10-7-14-5-3-2-4-6-14/h2-10,13H,11-12H2,1H3/b10-7+,21-19?. The molecule has 4 nitrogen and oxygen atoms in total. The minimum absolute atomic E-state index is 0.277. The molecular formula is C19H17BrN2O2S. The van der Waals surface area contributed by atoms with Gasteiger partial charge in [0.25, 0.3) is 5.91 Å². The molecule has 0 spiro atoms. The van der Waals surface area contributed by atoms with E-state index in [-0.39, 0.29) is 5.91 Å². The van der Waals surface area contributed by atoms with Gasteiger partial charge in [0.1, 0.15) is 0 Å². The first-order valence-corrected chi connectivity index (χ1v) is 9.38. The van der Waals surface area contributed by atoms with E-state index in [1.165, 1.54) is 17.4 Å². The van der Waals surface area contributed by atoms with Crippen LogP contribution in [0.4, 0.5) is 0 Å². The first kappa shape index (κ1) is 17.8. The van der Waals surface area contributed by atoms with Gasteiger partial charge < -0.3 is 9.30 Å². The minimum Gasteiger partial charge on any atom is -0.383 e. The molecule has 0 radical (unpaired) electrons. The SMILES string of the molecule is COCCn1c(=NC(=O)/C=C/c2ccccc2)sc2cc(Br)ccc21. The summed E-state index contributed by atoms with van der Waals surface area (Å²) in [5.41, 5.74) is 2.02. The number of hydrogen-bond donors (Lipinski definition) is 0. The average molecular weight is 417 g/mol. The quantitative estimate of drug-likeness (QED) is 0.583. The number of nitrogens with zero attached hydrogens (tertiary/aromatic N) is 2. The summed E-state index contributed by atoms with van der Waals surface area (Å²) in [5, 5.41) is 0. The summed E-state index contributed by atoms with van der Waals surface area (Å²) in [6.45, 7) is 1.20. The van der Waals surface area contributed by atoms with Gasteiger partial charge in [0.05, 0.1) is 16.8 Å².